The second-order valence-electron chi connectivity index (χ2n) is 5.20. The van der Waals surface area contributed by atoms with E-state index in [0.29, 0.717) is 25.4 Å². The molecular weight excluding hydrogens is 264 g/mol. The van der Waals surface area contributed by atoms with Crippen LogP contribution in [0.5, 0.6) is 0 Å². The number of unbranched alkanes of at least 4 members (excludes halogenated alkanes) is 5. The molecule has 0 heterocycles. The van der Waals surface area contributed by atoms with Gasteiger partial charge in [-0.25, -0.2) is 4.79 Å². The predicted octanol–water partition coefficient (Wildman–Crippen LogP) is 4.74. The van der Waals surface area contributed by atoms with E-state index >= 15 is 0 Å². The van der Waals surface area contributed by atoms with Crippen LogP contribution in [0.1, 0.15) is 68.3 Å². The van der Waals surface area contributed by atoms with Crippen LogP contribution < -0.4 is 0 Å². The van der Waals surface area contributed by atoms with E-state index in [1.54, 1.807) is 6.07 Å². The van der Waals surface area contributed by atoms with Gasteiger partial charge in [-0.15, -0.1) is 0 Å². The van der Waals surface area contributed by atoms with E-state index in [2.05, 4.69) is 6.92 Å². The molecule has 1 aromatic rings. The molecule has 0 N–H and O–H groups in total. The van der Waals surface area contributed by atoms with Crippen molar-refractivity contribution in [2.75, 3.05) is 13.2 Å². The minimum atomic E-state index is -0.237. The van der Waals surface area contributed by atoms with Crippen LogP contribution in [0.4, 0.5) is 0 Å². The first-order chi connectivity index (χ1) is 10.3. The molecule has 0 radical (unpaired) electrons. The molecular formula is C18H28O3. The van der Waals surface area contributed by atoms with Gasteiger partial charge in [-0.3, -0.25) is 0 Å². The van der Waals surface area contributed by atoms with Gasteiger partial charge < -0.3 is 9.47 Å². The topological polar surface area (TPSA) is 35.5 Å². The Morgan fingerprint density at radius 1 is 1.00 bits per heavy atom. The number of benzene rings is 1. The summed E-state index contributed by atoms with van der Waals surface area (Å²) in [5, 5.41) is 0. The minimum Gasteiger partial charge on any atom is -0.462 e. The molecule has 0 saturated carbocycles. The monoisotopic (exact) mass is 292 g/mol. The molecule has 0 aliphatic rings. The van der Waals surface area contributed by atoms with E-state index in [4.69, 9.17) is 9.47 Å². The quantitative estimate of drug-likeness (QED) is 0.436. The Bertz CT molecular complexity index is 401. The van der Waals surface area contributed by atoms with Crippen molar-refractivity contribution in [3.63, 3.8) is 0 Å². The first-order valence-electron chi connectivity index (χ1n) is 8.12. The molecule has 0 saturated heterocycles. The van der Waals surface area contributed by atoms with E-state index in [9.17, 15) is 4.79 Å². The van der Waals surface area contributed by atoms with Gasteiger partial charge in [0.2, 0.25) is 0 Å². The Balaban J connectivity index is 2.31. The zero-order chi connectivity index (χ0) is 15.3. The van der Waals surface area contributed by atoms with Crippen LogP contribution in [0.3, 0.4) is 0 Å². The average Bonchev–Trinajstić information content (AvgIpc) is 2.52. The summed E-state index contributed by atoms with van der Waals surface area (Å²) < 4.78 is 10.7. The van der Waals surface area contributed by atoms with Crippen molar-refractivity contribution in [3.05, 3.63) is 35.4 Å². The number of rotatable bonds is 11. The lowest BCUT2D eigenvalue weighted by molar-refractivity contribution is 0.0491. The normalized spacial score (nSPS) is 10.6. The second kappa shape index (κ2) is 11.3. The van der Waals surface area contributed by atoms with Gasteiger partial charge in [-0.2, -0.15) is 0 Å². The zero-order valence-electron chi connectivity index (χ0n) is 13.4. The number of hydrogen-bond donors (Lipinski definition) is 0. The van der Waals surface area contributed by atoms with Gasteiger partial charge in [-0.1, -0.05) is 57.2 Å². The fourth-order valence-electron chi connectivity index (χ4n) is 2.18. The summed E-state index contributed by atoms with van der Waals surface area (Å²) in [6, 6.07) is 7.49. The average molecular weight is 292 g/mol. The lowest BCUT2D eigenvalue weighted by atomic mass is 10.1. The van der Waals surface area contributed by atoms with Crippen molar-refractivity contribution < 1.29 is 14.3 Å². The lowest BCUT2D eigenvalue weighted by Gasteiger charge is -2.09. The minimum absolute atomic E-state index is 0.237. The van der Waals surface area contributed by atoms with E-state index < -0.39 is 0 Å². The van der Waals surface area contributed by atoms with E-state index in [0.717, 1.165) is 18.4 Å². The molecule has 118 valence electrons. The molecule has 0 amide bonds. The maximum absolute atomic E-state index is 12.1. The number of hydrogen-bond acceptors (Lipinski definition) is 3. The van der Waals surface area contributed by atoms with Gasteiger partial charge in [0.05, 0.1) is 18.8 Å². The van der Waals surface area contributed by atoms with Crippen LogP contribution in [-0.4, -0.2) is 19.2 Å². The summed E-state index contributed by atoms with van der Waals surface area (Å²) in [6.07, 6.45) is 7.14. The summed E-state index contributed by atoms with van der Waals surface area (Å²) in [5.74, 6) is -0.237. The van der Waals surface area contributed by atoms with Gasteiger partial charge in [0, 0.05) is 6.61 Å². The van der Waals surface area contributed by atoms with Crippen LogP contribution in [0.2, 0.25) is 0 Å². The first-order valence-corrected chi connectivity index (χ1v) is 8.12. The number of carbonyl (C=O) groups is 1. The van der Waals surface area contributed by atoms with Crippen molar-refractivity contribution in [1.29, 1.82) is 0 Å². The summed E-state index contributed by atoms with van der Waals surface area (Å²) >= 11 is 0. The van der Waals surface area contributed by atoms with Gasteiger partial charge in [-0.05, 0) is 25.0 Å². The van der Waals surface area contributed by atoms with Crippen molar-refractivity contribution >= 4 is 5.97 Å². The summed E-state index contributed by atoms with van der Waals surface area (Å²) in [4.78, 5) is 12.1. The highest BCUT2D eigenvalue weighted by Crippen LogP contribution is 2.12. The smallest absolute Gasteiger partial charge is 0.338 e. The predicted molar refractivity (Wildman–Crippen MR) is 85.4 cm³/mol. The number of ether oxygens (including phenoxy) is 2. The molecule has 0 aliphatic carbocycles. The van der Waals surface area contributed by atoms with Crippen molar-refractivity contribution in [2.45, 2.75) is 59.0 Å². The molecule has 0 spiro atoms. The van der Waals surface area contributed by atoms with Crippen LogP contribution in [0.15, 0.2) is 24.3 Å². The number of esters is 1. The lowest BCUT2D eigenvalue weighted by Crippen LogP contribution is -2.10. The van der Waals surface area contributed by atoms with Gasteiger partial charge in [0.15, 0.2) is 0 Å². The maximum Gasteiger partial charge on any atom is 0.338 e. The summed E-state index contributed by atoms with van der Waals surface area (Å²) in [6.45, 7) is 5.76. The highest BCUT2D eigenvalue weighted by atomic mass is 16.5. The van der Waals surface area contributed by atoms with Crippen LogP contribution in [-0.2, 0) is 16.1 Å². The van der Waals surface area contributed by atoms with Gasteiger partial charge in [0.1, 0.15) is 0 Å². The molecule has 1 aromatic carbocycles. The Kier molecular flexibility index (Phi) is 9.55. The molecule has 21 heavy (non-hydrogen) atoms. The molecule has 0 unspecified atom stereocenters. The van der Waals surface area contributed by atoms with Crippen LogP contribution >= 0.6 is 0 Å². The summed E-state index contributed by atoms with van der Waals surface area (Å²) in [5.41, 5.74) is 1.52. The molecule has 0 atom stereocenters. The molecule has 1 rings (SSSR count). The third kappa shape index (κ3) is 7.28. The van der Waals surface area contributed by atoms with Crippen molar-refractivity contribution in [1.82, 2.24) is 0 Å². The third-order valence-corrected chi connectivity index (χ3v) is 3.43. The van der Waals surface area contributed by atoms with Crippen LogP contribution in [0.25, 0.3) is 0 Å². The Morgan fingerprint density at radius 2 is 1.71 bits per heavy atom. The second-order valence-corrected chi connectivity index (χ2v) is 5.20. The molecule has 0 fully saturated rings. The Hall–Kier alpha value is -1.35. The van der Waals surface area contributed by atoms with E-state index in [1.165, 1.54) is 25.7 Å². The SMILES string of the molecule is CCCCCCCCOC(=O)c1ccccc1COCC. The fourth-order valence-corrected chi connectivity index (χ4v) is 2.18. The molecule has 3 nitrogen and oxygen atoms in total. The van der Waals surface area contributed by atoms with Crippen molar-refractivity contribution in [3.8, 4) is 0 Å². The standard InChI is InChI=1S/C18H28O3/c1-3-5-6-7-8-11-14-21-18(19)17-13-10-9-12-16(17)15-20-4-2/h9-10,12-13H,3-8,11,14-15H2,1-2H3. The number of carbonyl (C=O) groups excluding carboxylic acids is 1. The highest BCUT2D eigenvalue weighted by molar-refractivity contribution is 5.91. The first kappa shape index (κ1) is 17.7. The largest absolute Gasteiger partial charge is 0.462 e. The molecule has 0 aromatic heterocycles. The third-order valence-electron chi connectivity index (χ3n) is 3.43. The zero-order valence-corrected chi connectivity index (χ0v) is 13.4. The molecule has 3 heteroatoms. The molecule has 0 aliphatic heterocycles. The van der Waals surface area contributed by atoms with Gasteiger partial charge >= 0.3 is 5.97 Å². The fraction of sp³-hybridized carbons (Fsp3) is 0.611. The van der Waals surface area contributed by atoms with Crippen molar-refractivity contribution in [2.24, 2.45) is 0 Å². The maximum atomic E-state index is 12.1. The Morgan fingerprint density at radius 3 is 2.48 bits per heavy atom. The Labute approximate surface area is 128 Å². The van der Waals surface area contributed by atoms with Gasteiger partial charge in [0.25, 0.3) is 0 Å². The highest BCUT2D eigenvalue weighted by Gasteiger charge is 2.11. The van der Waals surface area contributed by atoms with Crippen LogP contribution in [0, 0.1) is 0 Å². The summed E-state index contributed by atoms with van der Waals surface area (Å²) in [7, 11) is 0. The van der Waals surface area contributed by atoms with E-state index in [1.807, 2.05) is 25.1 Å². The van der Waals surface area contributed by atoms with E-state index in [-0.39, 0.29) is 5.97 Å². The molecule has 0 bridgehead atoms.